The van der Waals surface area contributed by atoms with E-state index in [1.54, 1.807) is 28.0 Å². The minimum atomic E-state index is 0.0608. The van der Waals surface area contributed by atoms with E-state index in [1.165, 1.54) is 42.6 Å². The molecule has 0 saturated heterocycles. The van der Waals surface area contributed by atoms with Gasteiger partial charge in [0.15, 0.2) is 0 Å². The molecule has 10 aliphatic carbocycles. The lowest BCUT2D eigenvalue weighted by atomic mass is 9.56. The number of allylic oxidation sites excluding steroid dienone is 20. The van der Waals surface area contributed by atoms with Crippen LogP contribution in [-0.4, -0.2) is 23.0 Å². The van der Waals surface area contributed by atoms with Crippen molar-refractivity contribution in [2.45, 2.75) is 88.3 Å². The van der Waals surface area contributed by atoms with E-state index in [-0.39, 0.29) is 11.5 Å². The van der Waals surface area contributed by atoms with E-state index in [0.29, 0.717) is 53.5 Å². The van der Waals surface area contributed by atoms with Crippen molar-refractivity contribution in [1.82, 2.24) is 4.90 Å². The fraction of sp³-hybridized carbons (Fsp3) is 0.356. The Balaban J connectivity index is 0.994. The van der Waals surface area contributed by atoms with Gasteiger partial charge in [-0.15, -0.1) is 0 Å². The highest BCUT2D eigenvalue weighted by atomic mass is 15.2. The molecule has 61 heavy (non-hydrogen) atoms. The van der Waals surface area contributed by atoms with E-state index in [4.69, 9.17) is 0 Å². The summed E-state index contributed by atoms with van der Waals surface area (Å²) in [7, 11) is 0. The topological polar surface area (TPSA) is 6.48 Å². The first-order valence-electron chi connectivity index (χ1n) is 23.9. The maximum Gasteiger partial charge on any atom is 0.0563 e. The van der Waals surface area contributed by atoms with Gasteiger partial charge in [-0.05, 0) is 134 Å². The Morgan fingerprint density at radius 1 is 0.607 bits per heavy atom. The third-order valence-electron chi connectivity index (χ3n) is 16.7. The number of nitrogens with zero attached hydrogens (tertiary/aromatic N) is 2. The average molecular weight is 797 g/mol. The highest BCUT2D eigenvalue weighted by Crippen LogP contribution is 2.73. The van der Waals surface area contributed by atoms with Gasteiger partial charge in [0.05, 0.1) is 12.1 Å². The van der Waals surface area contributed by atoms with Gasteiger partial charge in [-0.2, -0.15) is 0 Å². The zero-order valence-electron chi connectivity index (χ0n) is 35.6. The summed E-state index contributed by atoms with van der Waals surface area (Å²) in [4.78, 5) is 5.73. The van der Waals surface area contributed by atoms with E-state index in [2.05, 4.69) is 192 Å². The highest BCUT2D eigenvalue weighted by Gasteiger charge is 2.69. The van der Waals surface area contributed by atoms with Crippen LogP contribution in [0.4, 0.5) is 11.4 Å². The van der Waals surface area contributed by atoms with E-state index >= 15 is 0 Å². The minimum Gasteiger partial charge on any atom is -0.361 e. The molecule has 0 aliphatic heterocycles. The molecular weight excluding hydrogens is 737 g/mol. The summed E-state index contributed by atoms with van der Waals surface area (Å²) in [5.41, 5.74) is 12.3. The fourth-order valence-electron chi connectivity index (χ4n) is 14.6. The van der Waals surface area contributed by atoms with Crippen LogP contribution in [0.3, 0.4) is 0 Å². The summed E-state index contributed by atoms with van der Waals surface area (Å²) < 4.78 is 0. The van der Waals surface area contributed by atoms with Crippen molar-refractivity contribution in [2.75, 3.05) is 4.90 Å². The molecule has 10 aliphatic rings. The normalized spacial score (nSPS) is 35.9. The molecule has 2 nitrogen and oxygen atoms in total. The number of anilines is 2. The molecule has 1 saturated carbocycles. The Morgan fingerprint density at radius 2 is 1.46 bits per heavy atom. The van der Waals surface area contributed by atoms with Gasteiger partial charge in [0.25, 0.3) is 0 Å². The van der Waals surface area contributed by atoms with Crippen LogP contribution in [0.25, 0.3) is 0 Å². The summed E-state index contributed by atoms with van der Waals surface area (Å²) in [6, 6.07) is 21.6. The Bertz CT molecular complexity index is 2470. The van der Waals surface area contributed by atoms with Crippen LogP contribution in [0.2, 0.25) is 0 Å². The van der Waals surface area contributed by atoms with Gasteiger partial charge < -0.3 is 9.80 Å². The monoisotopic (exact) mass is 796 g/mol. The standard InChI is InChI=1S/C59H60N2/c1-4-20-41(21-5-1)46-29-14-17-35-55(46)60(43-24-6-2-7-25-43)45-38-39-49-48-30-12-15-32-51(48)59(54(49)40-45)52-33-16-13-31-50(52)58-53(59)34-19-37-57(58)61(44-26-8-3-9-27-44)56-36-18-23-42-22-10-11-28-47(42)56/h1-10,12-14,16-17,19-20,22,24-26,29-31,33-36,38-39,41,44-45,48,50-53,57-58H,11,15,18,21,23,27-28,32,37,40H2. The molecule has 2 aromatic carbocycles. The summed E-state index contributed by atoms with van der Waals surface area (Å²) in [5, 5.41) is 0. The minimum absolute atomic E-state index is 0.0608. The number of fused-ring (bicyclic) bond motifs is 9. The number of hydrogen-bond acceptors (Lipinski definition) is 2. The van der Waals surface area contributed by atoms with Crippen molar-refractivity contribution >= 4 is 11.4 Å². The molecule has 1 fully saturated rings. The Hall–Kier alpha value is -5.34. The third kappa shape index (κ3) is 5.95. The zero-order chi connectivity index (χ0) is 40.3. The lowest BCUT2D eigenvalue weighted by Gasteiger charge is -2.51. The lowest BCUT2D eigenvalue weighted by Crippen LogP contribution is -2.51. The maximum atomic E-state index is 3.01. The molecule has 0 amide bonds. The van der Waals surface area contributed by atoms with Crippen molar-refractivity contribution in [3.05, 3.63) is 216 Å². The number of para-hydroxylation sites is 2. The second-order valence-corrected chi connectivity index (χ2v) is 19.4. The molecule has 2 heteroatoms. The van der Waals surface area contributed by atoms with Gasteiger partial charge in [-0.25, -0.2) is 0 Å². The van der Waals surface area contributed by atoms with E-state index < -0.39 is 0 Å². The van der Waals surface area contributed by atoms with Crippen molar-refractivity contribution in [1.29, 1.82) is 0 Å². The maximum absolute atomic E-state index is 3.01. The second kappa shape index (κ2) is 15.5. The second-order valence-electron chi connectivity index (χ2n) is 19.4. The molecule has 0 bridgehead atoms. The number of hydrogen-bond donors (Lipinski definition) is 0. The van der Waals surface area contributed by atoms with Crippen molar-refractivity contribution < 1.29 is 0 Å². The van der Waals surface area contributed by atoms with Crippen LogP contribution >= 0.6 is 0 Å². The quantitative estimate of drug-likeness (QED) is 0.258. The van der Waals surface area contributed by atoms with Crippen LogP contribution in [0.15, 0.2) is 210 Å². The van der Waals surface area contributed by atoms with E-state index in [1.807, 2.05) is 0 Å². The molecule has 11 unspecified atom stereocenters. The van der Waals surface area contributed by atoms with Crippen molar-refractivity contribution in [2.24, 2.45) is 40.9 Å². The van der Waals surface area contributed by atoms with Crippen LogP contribution < -0.4 is 4.90 Å². The predicted octanol–water partition coefficient (Wildman–Crippen LogP) is 14.1. The zero-order valence-corrected chi connectivity index (χ0v) is 35.6. The average Bonchev–Trinajstić information content (AvgIpc) is 3.80. The molecule has 1 spiro atoms. The van der Waals surface area contributed by atoms with Crippen LogP contribution in [0.1, 0.15) is 75.7 Å². The molecule has 0 radical (unpaired) electrons. The molecule has 0 aromatic heterocycles. The largest absolute Gasteiger partial charge is 0.361 e. The molecule has 306 valence electrons. The lowest BCUT2D eigenvalue weighted by molar-refractivity contribution is 0.0762. The van der Waals surface area contributed by atoms with Gasteiger partial charge in [-0.3, -0.25) is 0 Å². The first-order chi connectivity index (χ1) is 30.3. The predicted molar refractivity (Wildman–Crippen MR) is 254 cm³/mol. The van der Waals surface area contributed by atoms with Gasteiger partial charge in [0.2, 0.25) is 0 Å². The first-order valence-corrected chi connectivity index (χ1v) is 23.9. The molecule has 12 rings (SSSR count). The van der Waals surface area contributed by atoms with Gasteiger partial charge in [0, 0.05) is 40.4 Å². The number of rotatable bonds is 7. The fourth-order valence-corrected chi connectivity index (χ4v) is 14.6. The molecule has 0 N–H and O–H groups in total. The van der Waals surface area contributed by atoms with Crippen molar-refractivity contribution in [3.8, 4) is 0 Å². The summed E-state index contributed by atoms with van der Waals surface area (Å²) in [6.45, 7) is 0. The summed E-state index contributed by atoms with van der Waals surface area (Å²) in [6.07, 6.45) is 63.8. The SMILES string of the molecule is C1=CCC(c2ccccc2N(c2ccccc2)C2C=CC3=C(C2)C2(C4C=CC=CC4C4C(N(C5=CCCC6=C5CCC=C6)C5C=CC=CC5)CC=CC42)C2CCC=CC32)C=C1. The molecular formula is C59H60N2. The summed E-state index contributed by atoms with van der Waals surface area (Å²) >= 11 is 0. The Morgan fingerprint density at radius 3 is 2.34 bits per heavy atom. The molecule has 0 heterocycles. The Labute approximate surface area is 364 Å². The smallest absolute Gasteiger partial charge is 0.0563 e. The van der Waals surface area contributed by atoms with Gasteiger partial charge >= 0.3 is 0 Å². The van der Waals surface area contributed by atoms with Crippen molar-refractivity contribution in [3.63, 3.8) is 0 Å². The van der Waals surface area contributed by atoms with E-state index in [9.17, 15) is 0 Å². The summed E-state index contributed by atoms with van der Waals surface area (Å²) in [5.74, 6) is 3.43. The van der Waals surface area contributed by atoms with Crippen LogP contribution in [-0.2, 0) is 0 Å². The Kier molecular flexibility index (Phi) is 9.53. The molecule has 2 aromatic rings. The van der Waals surface area contributed by atoms with Crippen LogP contribution in [0.5, 0.6) is 0 Å². The highest BCUT2D eigenvalue weighted by molar-refractivity contribution is 5.70. The van der Waals surface area contributed by atoms with Gasteiger partial charge in [-0.1, -0.05) is 170 Å². The third-order valence-corrected chi connectivity index (χ3v) is 16.7. The van der Waals surface area contributed by atoms with Gasteiger partial charge in [0.1, 0.15) is 0 Å². The van der Waals surface area contributed by atoms with E-state index in [0.717, 1.165) is 38.5 Å². The molecule has 11 atom stereocenters. The number of benzene rings is 2. The first kappa shape index (κ1) is 37.4. The van der Waals surface area contributed by atoms with Crippen LogP contribution in [0, 0.1) is 40.9 Å².